The third kappa shape index (κ3) is 2.13. The van der Waals surface area contributed by atoms with Gasteiger partial charge in [-0.15, -0.1) is 0 Å². The van der Waals surface area contributed by atoms with Gasteiger partial charge in [0.2, 0.25) is 0 Å². The van der Waals surface area contributed by atoms with Gasteiger partial charge in [0.25, 0.3) is 0 Å². The maximum atomic E-state index is 12.3. The van der Waals surface area contributed by atoms with Gasteiger partial charge in [0, 0.05) is 5.39 Å². The molecule has 0 spiro atoms. The predicted octanol–water partition coefficient (Wildman–Crippen LogP) is 4.06. The monoisotopic (exact) mass is 222 g/mol. The van der Waals surface area contributed by atoms with Gasteiger partial charge < -0.3 is 4.74 Å². The van der Waals surface area contributed by atoms with Crippen LogP contribution in [0.5, 0.6) is 5.75 Å². The van der Waals surface area contributed by atoms with E-state index >= 15 is 0 Å². The molecule has 0 fully saturated rings. The Labute approximate surface area is 92.7 Å². The van der Waals surface area contributed by atoms with Crippen molar-refractivity contribution in [3.05, 3.63) is 41.5 Å². The third-order valence-electron chi connectivity index (χ3n) is 2.43. The highest BCUT2D eigenvalue weighted by Crippen LogP contribution is 2.29. The molecular formula is C13H12F2O. The Morgan fingerprint density at radius 2 is 1.75 bits per heavy atom. The molecule has 16 heavy (non-hydrogen) atoms. The van der Waals surface area contributed by atoms with Crippen molar-refractivity contribution in [2.75, 3.05) is 0 Å². The predicted molar refractivity (Wildman–Crippen MR) is 60.1 cm³/mol. The number of hydrogen-bond acceptors (Lipinski definition) is 1. The minimum absolute atomic E-state index is 0.244. The summed E-state index contributed by atoms with van der Waals surface area (Å²) in [7, 11) is 0. The molecule has 0 amide bonds. The van der Waals surface area contributed by atoms with E-state index in [2.05, 4.69) is 4.74 Å². The van der Waals surface area contributed by atoms with Crippen molar-refractivity contribution >= 4 is 10.8 Å². The molecule has 0 unspecified atom stereocenters. The van der Waals surface area contributed by atoms with Crippen LogP contribution in [-0.2, 0) is 0 Å². The second-order valence-electron chi connectivity index (χ2n) is 3.87. The molecule has 0 bridgehead atoms. The lowest BCUT2D eigenvalue weighted by molar-refractivity contribution is -0.0488. The second kappa shape index (κ2) is 4.08. The summed E-state index contributed by atoms with van der Waals surface area (Å²) in [6.07, 6.45) is 0. The van der Waals surface area contributed by atoms with Crippen molar-refractivity contribution in [3.8, 4) is 5.75 Å². The lowest BCUT2D eigenvalue weighted by atomic mass is 10.0. The minimum Gasteiger partial charge on any atom is -0.434 e. The van der Waals surface area contributed by atoms with Crippen molar-refractivity contribution in [2.45, 2.75) is 20.5 Å². The number of fused-ring (bicyclic) bond motifs is 1. The summed E-state index contributed by atoms with van der Waals surface area (Å²) in [5.41, 5.74) is 1.93. The number of alkyl halides is 2. The van der Waals surface area contributed by atoms with Gasteiger partial charge in [-0.3, -0.25) is 0 Å². The lowest BCUT2D eigenvalue weighted by Gasteiger charge is -2.10. The van der Waals surface area contributed by atoms with Gasteiger partial charge in [0.05, 0.1) is 0 Å². The molecule has 1 nitrogen and oxygen atoms in total. The zero-order valence-electron chi connectivity index (χ0n) is 9.13. The average Bonchev–Trinajstić information content (AvgIpc) is 2.18. The number of benzene rings is 2. The first kappa shape index (κ1) is 10.9. The maximum Gasteiger partial charge on any atom is 0.387 e. The molecule has 0 saturated carbocycles. The number of hydrogen-bond donors (Lipinski definition) is 0. The molecule has 0 aromatic heterocycles. The number of ether oxygens (including phenoxy) is 1. The van der Waals surface area contributed by atoms with Crippen LogP contribution in [0.4, 0.5) is 8.78 Å². The van der Waals surface area contributed by atoms with E-state index in [0.29, 0.717) is 0 Å². The molecule has 0 aliphatic heterocycles. The standard InChI is InChI=1S/C13H12F2O/c1-8-3-4-10-5-9(2)7-12(11(10)6-8)16-13(14)15/h3-7,13H,1-2H3. The van der Waals surface area contributed by atoms with E-state index in [0.717, 1.165) is 21.9 Å². The topological polar surface area (TPSA) is 9.23 Å². The van der Waals surface area contributed by atoms with Gasteiger partial charge in [-0.05, 0) is 36.9 Å². The van der Waals surface area contributed by atoms with Crippen LogP contribution in [0, 0.1) is 13.8 Å². The number of aryl methyl sites for hydroxylation is 2. The first-order valence-electron chi connectivity index (χ1n) is 5.02. The highest BCUT2D eigenvalue weighted by atomic mass is 19.3. The molecule has 0 aliphatic rings. The van der Waals surface area contributed by atoms with Gasteiger partial charge in [0.15, 0.2) is 0 Å². The molecule has 2 aromatic rings. The van der Waals surface area contributed by atoms with Crippen LogP contribution in [0.15, 0.2) is 30.3 Å². The summed E-state index contributed by atoms with van der Waals surface area (Å²) in [4.78, 5) is 0. The zero-order valence-corrected chi connectivity index (χ0v) is 9.13. The molecule has 0 radical (unpaired) electrons. The minimum atomic E-state index is -2.79. The summed E-state index contributed by atoms with van der Waals surface area (Å²) in [5, 5.41) is 1.65. The Bertz CT molecular complexity index is 521. The van der Waals surface area contributed by atoms with E-state index in [1.54, 1.807) is 6.07 Å². The van der Waals surface area contributed by atoms with Crippen LogP contribution in [-0.4, -0.2) is 6.61 Å². The van der Waals surface area contributed by atoms with Gasteiger partial charge in [0.1, 0.15) is 5.75 Å². The van der Waals surface area contributed by atoms with Crippen LogP contribution in [0.25, 0.3) is 10.8 Å². The average molecular weight is 222 g/mol. The summed E-state index contributed by atoms with van der Waals surface area (Å²) in [5.74, 6) is 0.244. The van der Waals surface area contributed by atoms with Gasteiger partial charge in [-0.25, -0.2) is 0 Å². The summed E-state index contributed by atoms with van der Waals surface area (Å²) < 4.78 is 29.0. The molecule has 0 N–H and O–H groups in total. The first-order chi connectivity index (χ1) is 7.56. The summed E-state index contributed by atoms with van der Waals surface area (Å²) in [6, 6.07) is 9.30. The van der Waals surface area contributed by atoms with Crippen LogP contribution in [0.2, 0.25) is 0 Å². The molecule has 3 heteroatoms. The normalized spacial score (nSPS) is 11.1. The SMILES string of the molecule is Cc1cc(OC(F)F)c2cc(C)ccc2c1. The summed E-state index contributed by atoms with van der Waals surface area (Å²) >= 11 is 0. The van der Waals surface area contributed by atoms with Gasteiger partial charge in [-0.2, -0.15) is 8.78 Å². The highest BCUT2D eigenvalue weighted by molar-refractivity contribution is 5.89. The van der Waals surface area contributed by atoms with E-state index in [1.807, 2.05) is 38.1 Å². The Morgan fingerprint density at radius 1 is 1.00 bits per heavy atom. The lowest BCUT2D eigenvalue weighted by Crippen LogP contribution is -2.02. The molecule has 84 valence electrons. The van der Waals surface area contributed by atoms with E-state index in [4.69, 9.17) is 0 Å². The second-order valence-corrected chi connectivity index (χ2v) is 3.87. The molecule has 2 aromatic carbocycles. The van der Waals surface area contributed by atoms with E-state index in [1.165, 1.54) is 0 Å². The van der Waals surface area contributed by atoms with Gasteiger partial charge in [-0.1, -0.05) is 23.8 Å². The van der Waals surface area contributed by atoms with Crippen LogP contribution in [0.1, 0.15) is 11.1 Å². The Morgan fingerprint density at radius 3 is 2.44 bits per heavy atom. The smallest absolute Gasteiger partial charge is 0.387 e. The van der Waals surface area contributed by atoms with Crippen LogP contribution >= 0.6 is 0 Å². The van der Waals surface area contributed by atoms with E-state index in [9.17, 15) is 8.78 Å². The zero-order chi connectivity index (χ0) is 11.7. The fourth-order valence-corrected chi connectivity index (χ4v) is 1.77. The molecule has 0 aliphatic carbocycles. The number of rotatable bonds is 2. The van der Waals surface area contributed by atoms with Crippen molar-refractivity contribution in [1.82, 2.24) is 0 Å². The van der Waals surface area contributed by atoms with Crippen molar-refractivity contribution in [3.63, 3.8) is 0 Å². The Hall–Kier alpha value is -1.64. The van der Waals surface area contributed by atoms with E-state index in [-0.39, 0.29) is 5.75 Å². The Kier molecular flexibility index (Phi) is 2.77. The third-order valence-corrected chi connectivity index (χ3v) is 2.43. The molecule has 0 saturated heterocycles. The van der Waals surface area contributed by atoms with Crippen molar-refractivity contribution in [2.24, 2.45) is 0 Å². The Balaban J connectivity index is 2.64. The van der Waals surface area contributed by atoms with Crippen LogP contribution < -0.4 is 4.74 Å². The van der Waals surface area contributed by atoms with E-state index < -0.39 is 6.61 Å². The quantitative estimate of drug-likeness (QED) is 0.744. The fraction of sp³-hybridized carbons (Fsp3) is 0.231. The van der Waals surface area contributed by atoms with Gasteiger partial charge >= 0.3 is 6.61 Å². The number of halogens is 2. The van der Waals surface area contributed by atoms with Crippen molar-refractivity contribution in [1.29, 1.82) is 0 Å². The highest BCUT2D eigenvalue weighted by Gasteiger charge is 2.09. The fourth-order valence-electron chi connectivity index (χ4n) is 1.77. The molecule has 2 rings (SSSR count). The molecule has 0 heterocycles. The first-order valence-corrected chi connectivity index (χ1v) is 5.02. The molecular weight excluding hydrogens is 210 g/mol. The largest absolute Gasteiger partial charge is 0.434 e. The molecule has 0 atom stereocenters. The van der Waals surface area contributed by atoms with Crippen LogP contribution in [0.3, 0.4) is 0 Å². The maximum absolute atomic E-state index is 12.3. The van der Waals surface area contributed by atoms with Crippen molar-refractivity contribution < 1.29 is 13.5 Å². The summed E-state index contributed by atoms with van der Waals surface area (Å²) in [6.45, 7) is 0.994.